The average molecular weight is 198 g/mol. The number of hydrogen-bond donors (Lipinski definition) is 2. The van der Waals surface area contributed by atoms with Crippen LogP contribution in [-0.2, 0) is 4.79 Å². The van der Waals surface area contributed by atoms with Crippen LogP contribution in [0.3, 0.4) is 0 Å². The zero-order chi connectivity index (χ0) is 10.3. The van der Waals surface area contributed by atoms with Crippen LogP contribution in [0.4, 0.5) is 0 Å². The Morgan fingerprint density at radius 3 is 2.79 bits per heavy atom. The van der Waals surface area contributed by atoms with Crippen molar-refractivity contribution in [3.8, 4) is 0 Å². The Hall–Kier alpha value is -0.410. The van der Waals surface area contributed by atoms with Crippen LogP contribution in [0.25, 0.3) is 0 Å². The SMILES string of the molecule is C[C@@]12C[C@@H](O)[C@H](O)C[C@@H]1CCCC2=O. The second-order valence-corrected chi connectivity index (χ2v) is 5.00. The van der Waals surface area contributed by atoms with E-state index in [0.29, 0.717) is 19.3 Å². The van der Waals surface area contributed by atoms with Crippen LogP contribution < -0.4 is 0 Å². The number of carbonyl (C=O) groups is 1. The molecule has 0 amide bonds. The summed E-state index contributed by atoms with van der Waals surface area (Å²) >= 11 is 0. The Morgan fingerprint density at radius 2 is 2.07 bits per heavy atom. The maximum atomic E-state index is 11.8. The van der Waals surface area contributed by atoms with E-state index >= 15 is 0 Å². The van der Waals surface area contributed by atoms with Crippen molar-refractivity contribution in [2.24, 2.45) is 11.3 Å². The molecule has 3 nitrogen and oxygen atoms in total. The fourth-order valence-corrected chi connectivity index (χ4v) is 3.02. The normalized spacial score (nSPS) is 48.8. The van der Waals surface area contributed by atoms with Crippen molar-refractivity contribution in [3.05, 3.63) is 0 Å². The summed E-state index contributed by atoms with van der Waals surface area (Å²) in [5.74, 6) is 0.557. The lowest BCUT2D eigenvalue weighted by molar-refractivity contribution is -0.147. The molecule has 80 valence electrons. The molecule has 2 aliphatic carbocycles. The molecule has 2 fully saturated rings. The lowest BCUT2D eigenvalue weighted by Gasteiger charge is -2.47. The molecule has 0 unspecified atom stereocenters. The molecule has 2 rings (SSSR count). The Balaban J connectivity index is 2.21. The molecule has 0 aliphatic heterocycles. The predicted octanol–water partition coefficient (Wildman–Crippen LogP) is 0.878. The molecule has 0 saturated heterocycles. The molecule has 0 aromatic heterocycles. The summed E-state index contributed by atoms with van der Waals surface area (Å²) in [7, 11) is 0. The summed E-state index contributed by atoms with van der Waals surface area (Å²) in [5.41, 5.74) is -0.364. The van der Waals surface area contributed by atoms with Gasteiger partial charge in [-0.2, -0.15) is 0 Å². The van der Waals surface area contributed by atoms with Crippen molar-refractivity contribution in [2.75, 3.05) is 0 Å². The van der Waals surface area contributed by atoms with Gasteiger partial charge in [0.05, 0.1) is 12.2 Å². The Bertz CT molecular complexity index is 251. The maximum Gasteiger partial charge on any atom is 0.139 e. The first-order chi connectivity index (χ1) is 6.54. The quantitative estimate of drug-likeness (QED) is 0.607. The second kappa shape index (κ2) is 3.31. The van der Waals surface area contributed by atoms with Crippen LogP contribution in [0.5, 0.6) is 0 Å². The largest absolute Gasteiger partial charge is 0.390 e. The molecule has 2 aliphatic rings. The van der Waals surface area contributed by atoms with E-state index in [9.17, 15) is 15.0 Å². The third-order valence-electron chi connectivity index (χ3n) is 4.10. The molecular formula is C11H18O3. The van der Waals surface area contributed by atoms with Crippen molar-refractivity contribution in [1.82, 2.24) is 0 Å². The van der Waals surface area contributed by atoms with Gasteiger partial charge in [0.2, 0.25) is 0 Å². The van der Waals surface area contributed by atoms with E-state index in [1.165, 1.54) is 0 Å². The van der Waals surface area contributed by atoms with E-state index < -0.39 is 12.2 Å². The number of ketones is 1. The zero-order valence-corrected chi connectivity index (χ0v) is 8.57. The van der Waals surface area contributed by atoms with Gasteiger partial charge in [0.15, 0.2) is 0 Å². The summed E-state index contributed by atoms with van der Waals surface area (Å²) in [5, 5.41) is 19.2. The zero-order valence-electron chi connectivity index (χ0n) is 8.57. The van der Waals surface area contributed by atoms with Crippen LogP contribution in [-0.4, -0.2) is 28.2 Å². The highest BCUT2D eigenvalue weighted by molar-refractivity contribution is 5.85. The highest BCUT2D eigenvalue weighted by Gasteiger charge is 2.49. The van der Waals surface area contributed by atoms with Gasteiger partial charge in [-0.15, -0.1) is 0 Å². The number of fused-ring (bicyclic) bond motifs is 1. The first kappa shape index (κ1) is 10.1. The third-order valence-corrected chi connectivity index (χ3v) is 4.10. The lowest BCUT2D eigenvalue weighted by Crippen LogP contribution is -2.50. The molecule has 0 spiro atoms. The highest BCUT2D eigenvalue weighted by atomic mass is 16.3. The highest BCUT2D eigenvalue weighted by Crippen LogP contribution is 2.48. The smallest absolute Gasteiger partial charge is 0.139 e. The van der Waals surface area contributed by atoms with E-state index in [2.05, 4.69) is 0 Å². The Labute approximate surface area is 84.1 Å². The van der Waals surface area contributed by atoms with E-state index in [-0.39, 0.29) is 17.1 Å². The van der Waals surface area contributed by atoms with Crippen molar-refractivity contribution in [1.29, 1.82) is 0 Å². The fourth-order valence-electron chi connectivity index (χ4n) is 3.02. The number of Topliss-reactive ketones (excluding diaryl/α,β-unsaturated/α-hetero) is 1. The molecular weight excluding hydrogens is 180 g/mol. The summed E-state index contributed by atoms with van der Waals surface area (Å²) in [6, 6.07) is 0. The summed E-state index contributed by atoms with van der Waals surface area (Å²) < 4.78 is 0. The molecule has 0 heterocycles. The summed E-state index contributed by atoms with van der Waals surface area (Å²) in [4.78, 5) is 11.8. The standard InChI is InChI=1S/C11H18O3/c1-11-6-9(13)8(12)5-7(11)3-2-4-10(11)14/h7-9,12-13H,2-6H2,1H3/t7-,8+,9+,11+/m0/s1. The molecule has 0 aromatic carbocycles. The van der Waals surface area contributed by atoms with Crippen molar-refractivity contribution in [2.45, 2.75) is 51.2 Å². The van der Waals surface area contributed by atoms with Crippen LogP contribution in [0.2, 0.25) is 0 Å². The van der Waals surface area contributed by atoms with E-state index in [0.717, 1.165) is 12.8 Å². The first-order valence-corrected chi connectivity index (χ1v) is 5.43. The van der Waals surface area contributed by atoms with Crippen LogP contribution >= 0.6 is 0 Å². The van der Waals surface area contributed by atoms with Crippen LogP contribution in [0, 0.1) is 11.3 Å². The minimum atomic E-state index is -0.710. The number of rotatable bonds is 0. The van der Waals surface area contributed by atoms with Gasteiger partial charge < -0.3 is 10.2 Å². The molecule has 0 bridgehead atoms. The summed E-state index contributed by atoms with van der Waals surface area (Å²) in [6.45, 7) is 1.95. The van der Waals surface area contributed by atoms with Gasteiger partial charge >= 0.3 is 0 Å². The minimum Gasteiger partial charge on any atom is -0.390 e. The van der Waals surface area contributed by atoms with Gasteiger partial charge in [-0.1, -0.05) is 6.92 Å². The average Bonchev–Trinajstić information content (AvgIpc) is 2.11. The second-order valence-electron chi connectivity index (χ2n) is 5.00. The lowest BCUT2D eigenvalue weighted by atomic mass is 9.58. The van der Waals surface area contributed by atoms with Gasteiger partial charge in [0.25, 0.3) is 0 Å². The van der Waals surface area contributed by atoms with Gasteiger partial charge in [0.1, 0.15) is 5.78 Å². The molecule has 2 saturated carbocycles. The minimum absolute atomic E-state index is 0.278. The topological polar surface area (TPSA) is 57.5 Å². The van der Waals surface area contributed by atoms with E-state index in [1.54, 1.807) is 0 Å². The van der Waals surface area contributed by atoms with Crippen LogP contribution in [0.15, 0.2) is 0 Å². The number of aliphatic hydroxyl groups is 2. The monoisotopic (exact) mass is 198 g/mol. The number of hydrogen-bond acceptors (Lipinski definition) is 3. The van der Waals surface area contributed by atoms with Gasteiger partial charge in [-0.3, -0.25) is 4.79 Å². The van der Waals surface area contributed by atoms with Crippen LogP contribution in [0.1, 0.15) is 39.0 Å². The van der Waals surface area contributed by atoms with Gasteiger partial charge in [-0.25, -0.2) is 0 Å². The Morgan fingerprint density at radius 1 is 1.36 bits per heavy atom. The van der Waals surface area contributed by atoms with E-state index in [1.807, 2.05) is 6.92 Å². The molecule has 14 heavy (non-hydrogen) atoms. The van der Waals surface area contributed by atoms with E-state index in [4.69, 9.17) is 0 Å². The van der Waals surface area contributed by atoms with Crippen molar-refractivity contribution < 1.29 is 15.0 Å². The Kier molecular flexibility index (Phi) is 2.40. The van der Waals surface area contributed by atoms with Gasteiger partial charge in [0, 0.05) is 11.8 Å². The third kappa shape index (κ3) is 1.39. The first-order valence-electron chi connectivity index (χ1n) is 5.43. The van der Waals surface area contributed by atoms with Gasteiger partial charge in [-0.05, 0) is 31.6 Å². The predicted molar refractivity (Wildman–Crippen MR) is 51.7 cm³/mol. The molecule has 4 atom stereocenters. The fraction of sp³-hybridized carbons (Fsp3) is 0.909. The number of aliphatic hydroxyl groups excluding tert-OH is 2. The molecule has 0 radical (unpaired) electrons. The molecule has 2 N–H and O–H groups in total. The number of carbonyl (C=O) groups excluding carboxylic acids is 1. The summed E-state index contributed by atoms with van der Waals surface area (Å²) in [6.07, 6.45) is 2.31. The van der Waals surface area contributed by atoms with Crippen molar-refractivity contribution in [3.63, 3.8) is 0 Å². The molecule has 0 aromatic rings. The molecule has 3 heteroatoms. The maximum absolute atomic E-state index is 11.8. The van der Waals surface area contributed by atoms with Crippen molar-refractivity contribution >= 4 is 5.78 Å².